The van der Waals surface area contributed by atoms with Crippen LogP contribution in [0.5, 0.6) is 0 Å². The van der Waals surface area contributed by atoms with E-state index in [9.17, 15) is 15.3 Å². The van der Waals surface area contributed by atoms with Crippen molar-refractivity contribution in [3.63, 3.8) is 0 Å². The van der Waals surface area contributed by atoms with Gasteiger partial charge in [0.05, 0.1) is 76.3 Å². The lowest BCUT2D eigenvalue weighted by Gasteiger charge is -2.26. The second kappa shape index (κ2) is 16.8. The summed E-state index contributed by atoms with van der Waals surface area (Å²) < 4.78 is 33.6. The Hall–Kier alpha value is 0.0700. The summed E-state index contributed by atoms with van der Waals surface area (Å²) in [6, 6.07) is 0. The zero-order valence-corrected chi connectivity index (χ0v) is 18.8. The van der Waals surface area contributed by atoms with Crippen LogP contribution in [0.15, 0.2) is 0 Å². The van der Waals surface area contributed by atoms with Gasteiger partial charge in [-0.25, -0.2) is 0 Å². The molecule has 0 spiro atoms. The minimum Gasteiger partial charge on any atom is -0.391 e. The van der Waals surface area contributed by atoms with Crippen molar-refractivity contribution >= 4 is 8.60 Å². The van der Waals surface area contributed by atoms with E-state index in [1.807, 2.05) is 20.8 Å². The van der Waals surface area contributed by atoms with Gasteiger partial charge < -0.3 is 43.1 Å². The third-order valence-corrected chi connectivity index (χ3v) is 4.53. The summed E-state index contributed by atoms with van der Waals surface area (Å²) in [6.07, 6.45) is -2.54. The van der Waals surface area contributed by atoms with Crippen molar-refractivity contribution in [3.8, 4) is 0 Å². The van der Waals surface area contributed by atoms with Gasteiger partial charge in [-0.15, -0.1) is 0 Å². The van der Waals surface area contributed by atoms with Crippen LogP contribution in [0.2, 0.25) is 0 Å². The van der Waals surface area contributed by atoms with Crippen molar-refractivity contribution < 1.29 is 43.1 Å². The maximum atomic E-state index is 9.25. The van der Waals surface area contributed by atoms with E-state index in [4.69, 9.17) is 27.8 Å². The minimum atomic E-state index is -1.70. The lowest BCUT2D eigenvalue weighted by molar-refractivity contribution is -0.0275. The van der Waals surface area contributed by atoms with Gasteiger partial charge in [0, 0.05) is 0 Å². The number of hydrogen-bond donors (Lipinski definition) is 3. The number of aliphatic hydroxyl groups is 3. The van der Waals surface area contributed by atoms with E-state index >= 15 is 0 Å². The minimum absolute atomic E-state index is 0.223. The average molecular weight is 430 g/mol. The monoisotopic (exact) mass is 430 g/mol. The molecule has 170 valence electrons. The van der Waals surface area contributed by atoms with Crippen LogP contribution in [-0.4, -0.2) is 91.6 Å². The molecule has 0 aromatic carbocycles. The molecule has 0 aliphatic carbocycles. The van der Waals surface area contributed by atoms with Gasteiger partial charge in [-0.3, -0.25) is 0 Å². The molecular weight excluding hydrogens is 391 g/mol. The molecule has 0 bridgehead atoms. The first kappa shape index (κ1) is 28.1. The Bertz CT molecular complexity index is 306. The summed E-state index contributed by atoms with van der Waals surface area (Å²) in [5.41, 5.74) is 0. The van der Waals surface area contributed by atoms with Crippen LogP contribution in [0.25, 0.3) is 0 Å². The standard InChI is InChI=1S/C18H39O9P/c1-13(19)7-22-10-16(4)25-28(26-17(5)11-23-8-14(2)20)27-18(6)12-24-9-15(3)21/h13-21H,7-12H2,1-6H3. The summed E-state index contributed by atoms with van der Waals surface area (Å²) in [6.45, 7) is 12.0. The molecule has 0 radical (unpaired) electrons. The molecule has 3 N–H and O–H groups in total. The predicted molar refractivity (Wildman–Crippen MR) is 106 cm³/mol. The van der Waals surface area contributed by atoms with E-state index in [0.717, 1.165) is 0 Å². The molecule has 6 atom stereocenters. The summed E-state index contributed by atoms with van der Waals surface area (Å²) in [7, 11) is -1.70. The molecule has 10 heteroatoms. The normalized spacial score (nSPS) is 19.6. The molecule has 0 amide bonds. The van der Waals surface area contributed by atoms with E-state index in [-0.39, 0.29) is 58.0 Å². The molecule has 0 aliphatic heterocycles. The zero-order valence-electron chi connectivity index (χ0n) is 17.9. The second-order valence-electron chi connectivity index (χ2n) is 7.13. The van der Waals surface area contributed by atoms with Crippen LogP contribution in [0.4, 0.5) is 0 Å². The SMILES string of the molecule is CC(O)COCC(C)OP(OC(C)COCC(C)O)OC(C)COCC(C)O. The van der Waals surface area contributed by atoms with E-state index in [0.29, 0.717) is 0 Å². The van der Waals surface area contributed by atoms with Crippen molar-refractivity contribution in [1.29, 1.82) is 0 Å². The third kappa shape index (κ3) is 18.1. The van der Waals surface area contributed by atoms with Crippen LogP contribution in [0.3, 0.4) is 0 Å². The Morgan fingerprint density at radius 3 is 0.964 bits per heavy atom. The van der Waals surface area contributed by atoms with Crippen molar-refractivity contribution in [2.24, 2.45) is 0 Å². The molecule has 6 unspecified atom stereocenters. The second-order valence-corrected chi connectivity index (χ2v) is 8.21. The maximum Gasteiger partial charge on any atom is 0.333 e. The van der Waals surface area contributed by atoms with E-state index in [1.165, 1.54) is 0 Å². The first-order valence-electron chi connectivity index (χ1n) is 9.68. The molecule has 0 saturated carbocycles. The molecule has 9 nitrogen and oxygen atoms in total. The van der Waals surface area contributed by atoms with Gasteiger partial charge >= 0.3 is 8.60 Å². The largest absolute Gasteiger partial charge is 0.391 e. The molecule has 0 fully saturated rings. The van der Waals surface area contributed by atoms with Crippen LogP contribution in [0, 0.1) is 0 Å². The van der Waals surface area contributed by atoms with E-state index in [2.05, 4.69) is 0 Å². The van der Waals surface area contributed by atoms with Gasteiger partial charge in [-0.05, 0) is 41.5 Å². The Morgan fingerprint density at radius 1 is 0.500 bits per heavy atom. The summed E-state index contributed by atoms with van der Waals surface area (Å²) in [5, 5.41) is 27.8. The number of aliphatic hydroxyl groups excluding tert-OH is 3. The smallest absolute Gasteiger partial charge is 0.333 e. The van der Waals surface area contributed by atoms with Crippen LogP contribution in [-0.2, 0) is 27.8 Å². The Morgan fingerprint density at radius 2 is 0.750 bits per heavy atom. The van der Waals surface area contributed by atoms with E-state index in [1.54, 1.807) is 20.8 Å². The number of hydrogen-bond acceptors (Lipinski definition) is 9. The van der Waals surface area contributed by atoms with Gasteiger partial charge in [0.1, 0.15) is 0 Å². The van der Waals surface area contributed by atoms with Crippen molar-refractivity contribution in [2.45, 2.75) is 78.2 Å². The summed E-state index contributed by atoms with van der Waals surface area (Å²) in [5.74, 6) is 0. The molecule has 0 rings (SSSR count). The summed E-state index contributed by atoms with van der Waals surface area (Å²) >= 11 is 0. The highest BCUT2D eigenvalue weighted by Crippen LogP contribution is 2.43. The van der Waals surface area contributed by atoms with Crippen LogP contribution >= 0.6 is 8.60 Å². The Balaban J connectivity index is 4.49. The van der Waals surface area contributed by atoms with Crippen LogP contribution < -0.4 is 0 Å². The molecule has 0 aromatic heterocycles. The first-order chi connectivity index (χ1) is 13.1. The highest BCUT2D eigenvalue weighted by Gasteiger charge is 2.23. The summed E-state index contributed by atoms with van der Waals surface area (Å²) in [4.78, 5) is 0. The third-order valence-electron chi connectivity index (χ3n) is 2.93. The molecule has 0 aliphatic rings. The average Bonchev–Trinajstić information content (AvgIpc) is 2.53. The lowest BCUT2D eigenvalue weighted by atomic mass is 10.4. The molecule has 0 saturated heterocycles. The van der Waals surface area contributed by atoms with Crippen molar-refractivity contribution in [2.75, 3.05) is 39.6 Å². The first-order valence-corrected chi connectivity index (χ1v) is 10.8. The molecule has 0 heterocycles. The quantitative estimate of drug-likeness (QED) is 0.279. The van der Waals surface area contributed by atoms with Crippen LogP contribution in [0.1, 0.15) is 41.5 Å². The predicted octanol–water partition coefficient (Wildman–Crippen LogP) is 1.62. The molecule has 28 heavy (non-hydrogen) atoms. The topological polar surface area (TPSA) is 116 Å². The molecular formula is C18H39O9P. The van der Waals surface area contributed by atoms with Crippen molar-refractivity contribution in [1.82, 2.24) is 0 Å². The fourth-order valence-corrected chi connectivity index (χ4v) is 3.03. The van der Waals surface area contributed by atoms with Gasteiger partial charge in [0.15, 0.2) is 0 Å². The van der Waals surface area contributed by atoms with Crippen molar-refractivity contribution in [3.05, 3.63) is 0 Å². The fourth-order valence-electron chi connectivity index (χ4n) is 1.82. The Kier molecular flexibility index (Phi) is 16.9. The van der Waals surface area contributed by atoms with Gasteiger partial charge in [0.25, 0.3) is 0 Å². The maximum absolute atomic E-state index is 9.25. The fraction of sp³-hybridized carbons (Fsp3) is 1.00. The van der Waals surface area contributed by atoms with Gasteiger partial charge in [-0.2, -0.15) is 0 Å². The zero-order chi connectivity index (χ0) is 21.5. The highest BCUT2D eigenvalue weighted by molar-refractivity contribution is 7.41. The lowest BCUT2D eigenvalue weighted by Crippen LogP contribution is -2.24. The number of ether oxygens (including phenoxy) is 3. The highest BCUT2D eigenvalue weighted by atomic mass is 31.2. The van der Waals surface area contributed by atoms with Gasteiger partial charge in [0.2, 0.25) is 0 Å². The number of rotatable bonds is 18. The molecule has 0 aromatic rings. The van der Waals surface area contributed by atoms with Gasteiger partial charge in [-0.1, -0.05) is 0 Å². The van der Waals surface area contributed by atoms with E-state index < -0.39 is 26.9 Å². The Labute approximate surface area is 170 Å².